The fourth-order valence-electron chi connectivity index (χ4n) is 4.19. The number of aromatic nitrogens is 2. The monoisotopic (exact) mass is 487 g/mol. The fourth-order valence-corrected chi connectivity index (χ4v) is 4.55. The quantitative estimate of drug-likeness (QED) is 0.445. The molecule has 0 spiro atoms. The van der Waals surface area contributed by atoms with Gasteiger partial charge >= 0.3 is 5.97 Å². The predicted molar refractivity (Wildman–Crippen MR) is 131 cm³/mol. The van der Waals surface area contributed by atoms with Crippen molar-refractivity contribution in [2.45, 2.75) is 51.9 Å². The number of primary amides is 1. The number of rotatable bonds is 4. The van der Waals surface area contributed by atoms with Gasteiger partial charge < -0.3 is 10.8 Å². The standard InChI is InChI=1S/C23H22Cl2N2O2.C2H5NO/c1-14-10-11-18(25)13-19(14)27-21(16-8-5-9-17(24)12-16)20(23(28)29)26-22(27)15-6-3-2-4-7-15;1-2(3)4/h5,8-13,15H,2-4,6-7H2,1H3,(H,28,29);1H3,(H2,3,4). The van der Waals surface area contributed by atoms with Crippen molar-refractivity contribution < 1.29 is 14.7 Å². The Kier molecular flexibility index (Phi) is 8.16. The van der Waals surface area contributed by atoms with E-state index in [-0.39, 0.29) is 17.5 Å². The lowest BCUT2D eigenvalue weighted by molar-refractivity contribution is -0.115. The van der Waals surface area contributed by atoms with E-state index in [9.17, 15) is 14.7 Å². The minimum absolute atomic E-state index is 0.0483. The third-order valence-corrected chi connectivity index (χ3v) is 6.06. The van der Waals surface area contributed by atoms with Crippen LogP contribution in [0.2, 0.25) is 10.0 Å². The van der Waals surface area contributed by atoms with Crippen LogP contribution in [-0.2, 0) is 4.79 Å². The van der Waals surface area contributed by atoms with Crippen LogP contribution in [0.3, 0.4) is 0 Å². The fraction of sp³-hybridized carbons (Fsp3) is 0.320. The summed E-state index contributed by atoms with van der Waals surface area (Å²) in [6.45, 7) is 3.30. The Labute approximate surface area is 203 Å². The van der Waals surface area contributed by atoms with Gasteiger partial charge in [0.25, 0.3) is 0 Å². The number of nitrogens with zero attached hydrogens (tertiary/aromatic N) is 2. The normalized spacial score (nSPS) is 13.8. The molecule has 1 fully saturated rings. The molecule has 0 radical (unpaired) electrons. The van der Waals surface area contributed by atoms with E-state index in [2.05, 4.69) is 10.7 Å². The summed E-state index contributed by atoms with van der Waals surface area (Å²) in [7, 11) is 0. The van der Waals surface area contributed by atoms with Crippen molar-refractivity contribution in [2.75, 3.05) is 0 Å². The molecule has 0 saturated heterocycles. The van der Waals surface area contributed by atoms with Crippen LogP contribution >= 0.6 is 23.2 Å². The number of carboxylic acid groups (broad SMARTS) is 1. The van der Waals surface area contributed by atoms with Crippen molar-refractivity contribution in [1.82, 2.24) is 9.55 Å². The zero-order chi connectivity index (χ0) is 24.1. The molecule has 1 aromatic heterocycles. The zero-order valence-electron chi connectivity index (χ0n) is 18.6. The molecule has 0 aliphatic heterocycles. The molecular weight excluding hydrogens is 461 g/mol. The van der Waals surface area contributed by atoms with E-state index in [1.807, 2.05) is 41.8 Å². The molecule has 33 heavy (non-hydrogen) atoms. The van der Waals surface area contributed by atoms with Gasteiger partial charge in [-0.05, 0) is 49.6 Å². The molecule has 174 valence electrons. The number of nitrogens with two attached hydrogens (primary N) is 1. The van der Waals surface area contributed by atoms with Crippen LogP contribution in [0, 0.1) is 6.92 Å². The van der Waals surface area contributed by atoms with E-state index in [1.54, 1.807) is 12.1 Å². The summed E-state index contributed by atoms with van der Waals surface area (Å²) < 4.78 is 1.99. The molecule has 2 aromatic carbocycles. The van der Waals surface area contributed by atoms with Crippen LogP contribution in [0.5, 0.6) is 0 Å². The number of hydrogen-bond donors (Lipinski definition) is 2. The van der Waals surface area contributed by atoms with Gasteiger partial charge in [-0.1, -0.05) is 60.7 Å². The number of halogens is 2. The van der Waals surface area contributed by atoms with E-state index < -0.39 is 5.97 Å². The van der Waals surface area contributed by atoms with E-state index in [4.69, 9.17) is 23.2 Å². The molecule has 4 rings (SSSR count). The highest BCUT2D eigenvalue weighted by atomic mass is 35.5. The molecule has 0 unspecified atom stereocenters. The van der Waals surface area contributed by atoms with Crippen molar-refractivity contribution in [1.29, 1.82) is 0 Å². The molecular formula is C25H27Cl2N3O3. The van der Waals surface area contributed by atoms with Crippen molar-refractivity contribution in [3.8, 4) is 16.9 Å². The molecule has 3 aromatic rings. The summed E-state index contributed by atoms with van der Waals surface area (Å²) in [4.78, 5) is 26.1. The molecule has 8 heteroatoms. The first-order valence-corrected chi connectivity index (χ1v) is 11.6. The van der Waals surface area contributed by atoms with Crippen molar-refractivity contribution in [3.05, 3.63) is 69.6 Å². The molecule has 1 heterocycles. The van der Waals surface area contributed by atoms with E-state index >= 15 is 0 Å². The zero-order valence-corrected chi connectivity index (χ0v) is 20.2. The Morgan fingerprint density at radius 2 is 1.70 bits per heavy atom. The average Bonchev–Trinajstić information content (AvgIpc) is 3.16. The van der Waals surface area contributed by atoms with Crippen LogP contribution in [0.4, 0.5) is 0 Å². The molecule has 1 aliphatic carbocycles. The Bertz CT molecular complexity index is 1160. The molecule has 0 bridgehead atoms. The Morgan fingerprint density at radius 3 is 2.30 bits per heavy atom. The Hall–Kier alpha value is -2.83. The Morgan fingerprint density at radius 1 is 1.06 bits per heavy atom. The first-order chi connectivity index (χ1) is 15.7. The number of amides is 1. The minimum Gasteiger partial charge on any atom is -0.476 e. The number of hydrogen-bond acceptors (Lipinski definition) is 3. The molecule has 0 atom stereocenters. The highest BCUT2D eigenvalue weighted by Crippen LogP contribution is 2.39. The maximum Gasteiger partial charge on any atom is 0.356 e. The van der Waals surface area contributed by atoms with Crippen molar-refractivity contribution in [2.24, 2.45) is 5.73 Å². The topological polar surface area (TPSA) is 98.2 Å². The first-order valence-electron chi connectivity index (χ1n) is 10.8. The van der Waals surface area contributed by atoms with Gasteiger partial charge in [0.15, 0.2) is 5.69 Å². The average molecular weight is 488 g/mol. The maximum atomic E-state index is 12.2. The van der Waals surface area contributed by atoms with Crippen LogP contribution < -0.4 is 5.73 Å². The van der Waals surface area contributed by atoms with Crippen LogP contribution in [0.25, 0.3) is 16.9 Å². The largest absolute Gasteiger partial charge is 0.476 e. The number of aryl methyl sites for hydroxylation is 1. The summed E-state index contributed by atoms with van der Waals surface area (Å²) in [6.07, 6.45) is 5.47. The minimum atomic E-state index is -1.05. The second kappa shape index (κ2) is 10.9. The lowest BCUT2D eigenvalue weighted by Gasteiger charge is -2.24. The summed E-state index contributed by atoms with van der Waals surface area (Å²) in [5.74, 6) is -0.369. The number of carboxylic acids is 1. The second-order valence-corrected chi connectivity index (χ2v) is 9.07. The highest BCUT2D eigenvalue weighted by Gasteiger charge is 2.30. The van der Waals surface area contributed by atoms with Gasteiger partial charge in [0.1, 0.15) is 5.82 Å². The number of benzene rings is 2. The smallest absolute Gasteiger partial charge is 0.356 e. The van der Waals surface area contributed by atoms with E-state index in [0.29, 0.717) is 15.7 Å². The van der Waals surface area contributed by atoms with Crippen molar-refractivity contribution >= 4 is 35.1 Å². The van der Waals surface area contributed by atoms with Crippen molar-refractivity contribution in [3.63, 3.8) is 0 Å². The lowest BCUT2D eigenvalue weighted by Crippen LogP contribution is -2.12. The van der Waals surface area contributed by atoms with Gasteiger partial charge in [-0.25, -0.2) is 9.78 Å². The summed E-state index contributed by atoms with van der Waals surface area (Å²) in [6, 6.07) is 12.9. The number of carbonyl (C=O) groups is 2. The van der Waals surface area contributed by atoms with Gasteiger partial charge in [0.05, 0.1) is 11.4 Å². The third kappa shape index (κ3) is 5.95. The molecule has 1 aliphatic rings. The Balaban J connectivity index is 0.000000709. The number of imidazole rings is 1. The first kappa shape index (κ1) is 24.8. The highest BCUT2D eigenvalue weighted by molar-refractivity contribution is 6.31. The summed E-state index contributed by atoms with van der Waals surface area (Å²) in [5, 5.41) is 11.1. The van der Waals surface area contributed by atoms with Gasteiger partial charge in [-0.3, -0.25) is 9.36 Å². The van der Waals surface area contributed by atoms with Crippen LogP contribution in [0.15, 0.2) is 42.5 Å². The lowest BCUT2D eigenvalue weighted by atomic mass is 9.88. The molecule has 1 amide bonds. The molecule has 3 N–H and O–H groups in total. The van der Waals surface area contributed by atoms with Gasteiger partial charge in [0.2, 0.25) is 5.91 Å². The second-order valence-electron chi connectivity index (χ2n) is 8.19. The van der Waals surface area contributed by atoms with Gasteiger partial charge in [0, 0.05) is 28.5 Å². The van der Waals surface area contributed by atoms with Crippen LogP contribution in [0.1, 0.15) is 66.8 Å². The summed E-state index contributed by atoms with van der Waals surface area (Å²) in [5.41, 5.74) is 7.65. The van der Waals surface area contributed by atoms with Crippen LogP contribution in [-0.4, -0.2) is 26.5 Å². The summed E-state index contributed by atoms with van der Waals surface area (Å²) >= 11 is 12.6. The van der Waals surface area contributed by atoms with E-state index in [0.717, 1.165) is 48.3 Å². The number of carbonyl (C=O) groups excluding carboxylic acids is 1. The molecule has 6 nitrogen and oxygen atoms in total. The predicted octanol–water partition coefficient (Wildman–Crippen LogP) is 6.39. The van der Waals surface area contributed by atoms with Gasteiger partial charge in [-0.15, -0.1) is 0 Å². The van der Waals surface area contributed by atoms with E-state index in [1.165, 1.54) is 13.3 Å². The number of aromatic carboxylic acids is 1. The maximum absolute atomic E-state index is 12.2. The van der Waals surface area contributed by atoms with Gasteiger partial charge in [-0.2, -0.15) is 0 Å². The molecule has 1 saturated carbocycles. The SMILES string of the molecule is CC(N)=O.Cc1ccc(Cl)cc1-n1c(C2CCCCC2)nc(C(=O)O)c1-c1cccc(Cl)c1. The third-order valence-electron chi connectivity index (χ3n) is 5.59.